The van der Waals surface area contributed by atoms with Crippen LogP contribution in [-0.4, -0.2) is 28.7 Å². The summed E-state index contributed by atoms with van der Waals surface area (Å²) >= 11 is 1.25. The minimum absolute atomic E-state index is 0.0100. The summed E-state index contributed by atoms with van der Waals surface area (Å²) in [6.07, 6.45) is 1.77. The van der Waals surface area contributed by atoms with Crippen LogP contribution in [0.3, 0.4) is 0 Å². The summed E-state index contributed by atoms with van der Waals surface area (Å²) < 4.78 is 19.2. The molecule has 3 aromatic carbocycles. The molecule has 0 saturated heterocycles. The molecule has 1 aliphatic heterocycles. The van der Waals surface area contributed by atoms with Gasteiger partial charge in [0.25, 0.3) is 11.2 Å². The number of ether oxygens (including phenoxy) is 3. The van der Waals surface area contributed by atoms with Gasteiger partial charge in [-0.25, -0.2) is 9.79 Å². The molecule has 44 heavy (non-hydrogen) atoms. The zero-order valence-electron chi connectivity index (χ0n) is 24.7. The molecular weight excluding hydrogens is 582 g/mol. The molecule has 0 radical (unpaired) electrons. The number of benzene rings is 3. The van der Waals surface area contributed by atoms with Crippen LogP contribution in [0, 0.1) is 17.0 Å². The number of fused-ring (bicyclic) bond motifs is 1. The molecule has 1 atom stereocenters. The standard InChI is InChI=1S/C33H31N3O7S/c1-5-41-27-17-23(11-16-26(27)43-19-22-9-14-25(15-10-22)36(39)40)18-28-31(37)35-30(24-12-7-20(3)8-13-24)29(32(38)42-6-2)21(4)34-33(35)44-28/h7-18,30H,5-6,19H2,1-4H3. The lowest BCUT2D eigenvalue weighted by molar-refractivity contribution is -0.384. The Balaban J connectivity index is 1.51. The summed E-state index contributed by atoms with van der Waals surface area (Å²) in [5, 5.41) is 10.9. The molecule has 0 bridgehead atoms. The number of carbonyl (C=O) groups is 1. The average molecular weight is 614 g/mol. The number of rotatable bonds is 10. The van der Waals surface area contributed by atoms with Gasteiger partial charge in [0.1, 0.15) is 6.61 Å². The molecular formula is C33H31N3O7S. The fourth-order valence-corrected chi connectivity index (χ4v) is 5.93. The smallest absolute Gasteiger partial charge is 0.338 e. The van der Waals surface area contributed by atoms with Gasteiger partial charge in [-0.15, -0.1) is 0 Å². The molecule has 11 heteroatoms. The summed E-state index contributed by atoms with van der Waals surface area (Å²) in [4.78, 5) is 42.6. The van der Waals surface area contributed by atoms with Crippen LogP contribution in [0.1, 0.15) is 49.1 Å². The number of thiazole rings is 1. The number of hydrogen-bond donors (Lipinski definition) is 0. The van der Waals surface area contributed by atoms with Crippen molar-refractivity contribution in [3.05, 3.63) is 130 Å². The van der Waals surface area contributed by atoms with Crippen molar-refractivity contribution >= 4 is 29.1 Å². The zero-order chi connectivity index (χ0) is 31.4. The summed E-state index contributed by atoms with van der Waals surface area (Å²) in [7, 11) is 0. The maximum absolute atomic E-state index is 13.9. The van der Waals surface area contributed by atoms with Crippen LogP contribution >= 0.6 is 11.3 Å². The molecule has 226 valence electrons. The highest BCUT2D eigenvalue weighted by atomic mass is 32.1. The topological polar surface area (TPSA) is 122 Å². The van der Waals surface area contributed by atoms with Gasteiger partial charge in [-0.2, -0.15) is 0 Å². The number of aryl methyl sites for hydroxylation is 1. The lowest BCUT2D eigenvalue weighted by Crippen LogP contribution is -2.39. The van der Waals surface area contributed by atoms with Gasteiger partial charge in [-0.3, -0.25) is 19.5 Å². The van der Waals surface area contributed by atoms with Crippen molar-refractivity contribution in [2.24, 2.45) is 4.99 Å². The number of carbonyl (C=O) groups excluding carboxylic acids is 1. The van der Waals surface area contributed by atoms with E-state index in [0.717, 1.165) is 22.3 Å². The fourth-order valence-electron chi connectivity index (χ4n) is 4.88. The molecule has 1 aliphatic rings. The zero-order valence-corrected chi connectivity index (χ0v) is 25.6. The monoisotopic (exact) mass is 613 g/mol. The molecule has 0 amide bonds. The molecule has 0 fully saturated rings. The quantitative estimate of drug-likeness (QED) is 0.140. The van der Waals surface area contributed by atoms with Crippen LogP contribution in [0.15, 0.2) is 87.8 Å². The highest BCUT2D eigenvalue weighted by Crippen LogP contribution is 2.32. The lowest BCUT2D eigenvalue weighted by Gasteiger charge is -2.24. The number of hydrogen-bond acceptors (Lipinski definition) is 9. The summed E-state index contributed by atoms with van der Waals surface area (Å²) in [6, 6.07) is 18.6. The molecule has 2 heterocycles. The maximum atomic E-state index is 13.9. The Morgan fingerprint density at radius 2 is 1.73 bits per heavy atom. The Morgan fingerprint density at radius 3 is 2.39 bits per heavy atom. The molecule has 5 rings (SSSR count). The van der Waals surface area contributed by atoms with E-state index >= 15 is 0 Å². The van der Waals surface area contributed by atoms with Crippen LogP contribution in [0.5, 0.6) is 11.5 Å². The Hall–Kier alpha value is -5.03. The van der Waals surface area contributed by atoms with Crippen molar-refractivity contribution in [2.45, 2.75) is 40.3 Å². The third-order valence-corrected chi connectivity index (χ3v) is 8.00. The van der Waals surface area contributed by atoms with E-state index in [0.29, 0.717) is 38.7 Å². The molecule has 1 unspecified atom stereocenters. The van der Waals surface area contributed by atoms with Gasteiger partial charge >= 0.3 is 5.97 Å². The van der Waals surface area contributed by atoms with Crippen molar-refractivity contribution in [3.63, 3.8) is 0 Å². The average Bonchev–Trinajstić information content (AvgIpc) is 3.30. The molecule has 0 aliphatic carbocycles. The number of non-ortho nitro benzene ring substituents is 1. The summed E-state index contributed by atoms with van der Waals surface area (Å²) in [5.74, 6) is 0.492. The number of nitro benzene ring substituents is 1. The van der Waals surface area contributed by atoms with E-state index in [2.05, 4.69) is 4.99 Å². The largest absolute Gasteiger partial charge is 0.490 e. The SMILES string of the molecule is CCOC(=O)C1=C(C)N=c2sc(=Cc3ccc(OCc4ccc([N+](=O)[O-])cc4)c(OCC)c3)c(=O)n2C1c1ccc(C)cc1. The second-order valence-corrected chi connectivity index (χ2v) is 11.1. The second-order valence-electron chi connectivity index (χ2n) is 10.1. The molecule has 1 aromatic heterocycles. The first-order chi connectivity index (χ1) is 21.2. The van der Waals surface area contributed by atoms with E-state index in [1.165, 1.54) is 23.5 Å². The predicted molar refractivity (Wildman–Crippen MR) is 167 cm³/mol. The Morgan fingerprint density at radius 1 is 1.00 bits per heavy atom. The van der Waals surface area contributed by atoms with Gasteiger partial charge in [0.2, 0.25) is 0 Å². The molecule has 0 N–H and O–H groups in total. The van der Waals surface area contributed by atoms with E-state index in [1.54, 1.807) is 48.8 Å². The minimum atomic E-state index is -0.678. The van der Waals surface area contributed by atoms with Crippen molar-refractivity contribution < 1.29 is 23.9 Å². The van der Waals surface area contributed by atoms with Crippen LogP contribution < -0.4 is 24.4 Å². The highest BCUT2D eigenvalue weighted by molar-refractivity contribution is 7.07. The first-order valence-electron chi connectivity index (χ1n) is 14.1. The normalized spacial score (nSPS) is 14.5. The van der Waals surface area contributed by atoms with Gasteiger partial charge < -0.3 is 14.2 Å². The van der Waals surface area contributed by atoms with Gasteiger partial charge in [0.15, 0.2) is 16.3 Å². The fraction of sp³-hybridized carbons (Fsp3) is 0.242. The highest BCUT2D eigenvalue weighted by Gasteiger charge is 2.33. The van der Waals surface area contributed by atoms with Crippen molar-refractivity contribution in [1.29, 1.82) is 0 Å². The summed E-state index contributed by atoms with van der Waals surface area (Å²) in [6.45, 7) is 8.13. The first-order valence-corrected chi connectivity index (χ1v) is 14.9. The van der Waals surface area contributed by atoms with Gasteiger partial charge in [-0.1, -0.05) is 47.2 Å². The minimum Gasteiger partial charge on any atom is -0.490 e. The second kappa shape index (κ2) is 13.1. The first kappa shape index (κ1) is 30.4. The van der Waals surface area contributed by atoms with E-state index in [9.17, 15) is 19.7 Å². The van der Waals surface area contributed by atoms with E-state index in [4.69, 9.17) is 14.2 Å². The number of nitro groups is 1. The summed E-state index contributed by atoms with van der Waals surface area (Å²) in [5.41, 5.74) is 3.91. The van der Waals surface area contributed by atoms with Gasteiger partial charge in [0.05, 0.1) is 40.0 Å². The number of esters is 1. The number of aromatic nitrogens is 1. The molecule has 4 aromatic rings. The molecule has 0 saturated carbocycles. The van der Waals surface area contributed by atoms with Crippen LogP contribution in [0.4, 0.5) is 5.69 Å². The van der Waals surface area contributed by atoms with Crippen LogP contribution in [0.2, 0.25) is 0 Å². The lowest BCUT2D eigenvalue weighted by atomic mass is 9.95. The predicted octanol–water partition coefficient (Wildman–Crippen LogP) is 4.99. The van der Waals surface area contributed by atoms with E-state index in [1.807, 2.05) is 44.2 Å². The van der Waals surface area contributed by atoms with Crippen LogP contribution in [-0.2, 0) is 16.1 Å². The third-order valence-electron chi connectivity index (χ3n) is 7.02. The van der Waals surface area contributed by atoms with E-state index < -0.39 is 16.9 Å². The molecule has 0 spiro atoms. The van der Waals surface area contributed by atoms with E-state index in [-0.39, 0.29) is 24.5 Å². The van der Waals surface area contributed by atoms with Crippen molar-refractivity contribution in [2.75, 3.05) is 13.2 Å². The molecule has 10 nitrogen and oxygen atoms in total. The van der Waals surface area contributed by atoms with Gasteiger partial charge in [-0.05, 0) is 74.7 Å². The number of allylic oxidation sites excluding steroid dienone is 1. The Labute approximate surface area is 257 Å². The maximum Gasteiger partial charge on any atom is 0.338 e. The van der Waals surface area contributed by atoms with Crippen molar-refractivity contribution in [3.8, 4) is 11.5 Å². The van der Waals surface area contributed by atoms with Crippen LogP contribution in [0.25, 0.3) is 6.08 Å². The third kappa shape index (κ3) is 6.32. The van der Waals surface area contributed by atoms with Crippen molar-refractivity contribution in [1.82, 2.24) is 4.57 Å². The Bertz CT molecular complexity index is 1920. The Kier molecular flexibility index (Phi) is 9.05. The number of nitrogens with zero attached hydrogens (tertiary/aromatic N) is 3. The van der Waals surface area contributed by atoms with Gasteiger partial charge in [0, 0.05) is 12.1 Å².